The van der Waals surface area contributed by atoms with Gasteiger partial charge in [-0.1, -0.05) is 0 Å². The summed E-state index contributed by atoms with van der Waals surface area (Å²) in [5, 5.41) is 12.0. The van der Waals surface area contributed by atoms with Gasteiger partial charge in [-0.05, 0) is 26.3 Å². The van der Waals surface area contributed by atoms with Gasteiger partial charge in [0.1, 0.15) is 11.0 Å². The summed E-state index contributed by atoms with van der Waals surface area (Å²) in [5.74, 6) is -0.712. The molecular weight excluding hydrogens is 212 g/mol. The smallest absolute Gasteiger partial charge is 0.320 e. The predicted octanol–water partition coefficient (Wildman–Crippen LogP) is 1.75. The molecule has 0 spiro atoms. The molecule has 2 unspecified atom stereocenters. The number of hydrogen-bond acceptors (Lipinski definition) is 4. The number of thiazole rings is 1. The van der Waals surface area contributed by atoms with Crippen molar-refractivity contribution < 1.29 is 9.90 Å². The molecule has 0 radical (unpaired) electrons. The van der Waals surface area contributed by atoms with E-state index < -0.39 is 5.97 Å². The minimum absolute atomic E-state index is 0.119. The summed E-state index contributed by atoms with van der Waals surface area (Å²) in [5.41, 5.74) is 0. The number of rotatable bonds is 3. The Morgan fingerprint density at radius 3 is 3.20 bits per heavy atom. The second-order valence-corrected chi connectivity index (χ2v) is 4.71. The van der Waals surface area contributed by atoms with Crippen molar-refractivity contribution in [3.8, 4) is 0 Å². The first-order valence-electron chi connectivity index (χ1n) is 5.08. The summed E-state index contributed by atoms with van der Waals surface area (Å²) >= 11 is 1.59. The molecule has 2 heterocycles. The summed E-state index contributed by atoms with van der Waals surface area (Å²) < 4.78 is 0. The van der Waals surface area contributed by atoms with Crippen LogP contribution in [-0.2, 0) is 4.79 Å². The molecule has 1 saturated heterocycles. The van der Waals surface area contributed by atoms with Gasteiger partial charge in [0.2, 0.25) is 0 Å². The maximum absolute atomic E-state index is 11.0. The Labute approximate surface area is 92.6 Å². The number of likely N-dealkylation sites (tertiary alicyclic amines) is 1. The first-order valence-corrected chi connectivity index (χ1v) is 5.96. The van der Waals surface area contributed by atoms with Crippen LogP contribution < -0.4 is 0 Å². The summed E-state index contributed by atoms with van der Waals surface area (Å²) in [7, 11) is 0. The fourth-order valence-corrected chi connectivity index (χ4v) is 2.82. The number of hydrogen-bond donors (Lipinski definition) is 1. The number of nitrogens with zero attached hydrogens (tertiary/aromatic N) is 2. The molecule has 4 nitrogen and oxygen atoms in total. The van der Waals surface area contributed by atoms with Crippen LogP contribution in [-0.4, -0.2) is 33.5 Å². The van der Waals surface area contributed by atoms with E-state index in [0.29, 0.717) is 0 Å². The van der Waals surface area contributed by atoms with Crippen LogP contribution in [0, 0.1) is 0 Å². The van der Waals surface area contributed by atoms with Gasteiger partial charge >= 0.3 is 5.97 Å². The normalized spacial score (nSPS) is 24.2. The molecule has 1 aliphatic rings. The quantitative estimate of drug-likeness (QED) is 0.853. The zero-order valence-corrected chi connectivity index (χ0v) is 9.41. The van der Waals surface area contributed by atoms with Gasteiger partial charge in [0.15, 0.2) is 0 Å². The van der Waals surface area contributed by atoms with E-state index in [-0.39, 0.29) is 12.1 Å². The second kappa shape index (κ2) is 4.28. The van der Waals surface area contributed by atoms with Gasteiger partial charge in [-0.15, -0.1) is 11.3 Å². The number of carbonyl (C=O) groups is 1. The van der Waals surface area contributed by atoms with Crippen LogP contribution in [0.1, 0.15) is 30.8 Å². The van der Waals surface area contributed by atoms with Gasteiger partial charge in [-0.25, -0.2) is 4.98 Å². The van der Waals surface area contributed by atoms with E-state index in [1.54, 1.807) is 17.5 Å². The van der Waals surface area contributed by atoms with Gasteiger partial charge in [-0.3, -0.25) is 9.69 Å². The van der Waals surface area contributed by atoms with Crippen molar-refractivity contribution >= 4 is 17.3 Å². The zero-order valence-electron chi connectivity index (χ0n) is 8.59. The summed E-state index contributed by atoms with van der Waals surface area (Å²) in [4.78, 5) is 17.3. The average molecular weight is 226 g/mol. The van der Waals surface area contributed by atoms with E-state index in [1.165, 1.54) is 0 Å². The van der Waals surface area contributed by atoms with Crippen LogP contribution in [0.15, 0.2) is 11.6 Å². The molecule has 0 aliphatic carbocycles. The van der Waals surface area contributed by atoms with E-state index in [0.717, 1.165) is 24.4 Å². The minimum Gasteiger partial charge on any atom is -0.480 e. The van der Waals surface area contributed by atoms with E-state index in [2.05, 4.69) is 4.98 Å². The molecular formula is C10H14N2O2S. The zero-order chi connectivity index (χ0) is 10.8. The first kappa shape index (κ1) is 10.6. The molecule has 1 aliphatic heterocycles. The Hall–Kier alpha value is -0.940. The monoisotopic (exact) mass is 226 g/mol. The van der Waals surface area contributed by atoms with E-state index in [1.807, 2.05) is 17.2 Å². The molecule has 1 aromatic rings. The highest BCUT2D eigenvalue weighted by molar-refractivity contribution is 7.09. The third-order valence-corrected chi connectivity index (χ3v) is 3.83. The molecule has 1 fully saturated rings. The van der Waals surface area contributed by atoms with Crippen molar-refractivity contribution in [2.24, 2.45) is 0 Å². The standard InChI is InChI=1S/C10H14N2O2S/c1-7(9-11-4-6-15-9)12-5-2-3-8(12)10(13)14/h4,6-8H,2-3,5H2,1H3,(H,13,14). The van der Waals surface area contributed by atoms with Crippen LogP contribution in [0.3, 0.4) is 0 Å². The fourth-order valence-electron chi connectivity index (χ4n) is 2.10. The lowest BCUT2D eigenvalue weighted by Gasteiger charge is -2.26. The number of carboxylic acid groups (broad SMARTS) is 1. The molecule has 82 valence electrons. The van der Waals surface area contributed by atoms with Crippen LogP contribution in [0.25, 0.3) is 0 Å². The van der Waals surface area contributed by atoms with Crippen molar-refractivity contribution in [3.63, 3.8) is 0 Å². The third-order valence-electron chi connectivity index (χ3n) is 2.89. The number of carboxylic acids is 1. The molecule has 0 saturated carbocycles. The van der Waals surface area contributed by atoms with Gasteiger partial charge < -0.3 is 5.11 Å². The maximum atomic E-state index is 11.0. The van der Waals surface area contributed by atoms with Crippen molar-refractivity contribution in [1.82, 2.24) is 9.88 Å². The Morgan fingerprint density at radius 1 is 1.80 bits per heavy atom. The molecule has 0 aromatic carbocycles. The summed E-state index contributed by atoms with van der Waals surface area (Å²) in [6.45, 7) is 2.89. The van der Waals surface area contributed by atoms with E-state index >= 15 is 0 Å². The van der Waals surface area contributed by atoms with Crippen molar-refractivity contribution in [2.75, 3.05) is 6.54 Å². The summed E-state index contributed by atoms with van der Waals surface area (Å²) in [6.07, 6.45) is 3.49. The molecule has 1 aromatic heterocycles. The lowest BCUT2D eigenvalue weighted by Crippen LogP contribution is -2.37. The van der Waals surface area contributed by atoms with Crippen LogP contribution >= 0.6 is 11.3 Å². The SMILES string of the molecule is CC(c1nccs1)N1CCCC1C(=O)O. The van der Waals surface area contributed by atoms with Gasteiger partial charge in [0.25, 0.3) is 0 Å². The highest BCUT2D eigenvalue weighted by Crippen LogP contribution is 2.29. The predicted molar refractivity (Wildman–Crippen MR) is 57.9 cm³/mol. The highest BCUT2D eigenvalue weighted by Gasteiger charge is 2.34. The van der Waals surface area contributed by atoms with Crippen LogP contribution in [0.4, 0.5) is 0 Å². The molecule has 1 N–H and O–H groups in total. The Balaban J connectivity index is 2.13. The second-order valence-electron chi connectivity index (χ2n) is 3.78. The summed E-state index contributed by atoms with van der Waals surface area (Å²) in [6, 6.07) is -0.211. The Kier molecular flexibility index (Phi) is 3.02. The molecule has 0 bridgehead atoms. The Bertz CT molecular complexity index is 339. The lowest BCUT2D eigenvalue weighted by atomic mass is 10.2. The molecule has 15 heavy (non-hydrogen) atoms. The molecule has 2 rings (SSSR count). The lowest BCUT2D eigenvalue weighted by molar-refractivity contribution is -0.142. The van der Waals surface area contributed by atoms with E-state index in [4.69, 9.17) is 5.11 Å². The van der Waals surface area contributed by atoms with E-state index in [9.17, 15) is 4.79 Å². The fraction of sp³-hybridized carbons (Fsp3) is 0.600. The maximum Gasteiger partial charge on any atom is 0.320 e. The van der Waals surface area contributed by atoms with Crippen molar-refractivity contribution in [2.45, 2.75) is 31.8 Å². The van der Waals surface area contributed by atoms with Gasteiger partial charge in [-0.2, -0.15) is 0 Å². The first-order chi connectivity index (χ1) is 7.20. The van der Waals surface area contributed by atoms with Gasteiger partial charge in [0, 0.05) is 11.6 Å². The molecule has 2 atom stereocenters. The highest BCUT2D eigenvalue weighted by atomic mass is 32.1. The minimum atomic E-state index is -0.712. The molecule has 0 amide bonds. The van der Waals surface area contributed by atoms with Crippen LogP contribution in [0.5, 0.6) is 0 Å². The van der Waals surface area contributed by atoms with Gasteiger partial charge in [0.05, 0.1) is 6.04 Å². The van der Waals surface area contributed by atoms with Crippen LogP contribution in [0.2, 0.25) is 0 Å². The number of aromatic nitrogens is 1. The van der Waals surface area contributed by atoms with Crippen molar-refractivity contribution in [3.05, 3.63) is 16.6 Å². The topological polar surface area (TPSA) is 53.4 Å². The third kappa shape index (κ3) is 2.03. The van der Waals surface area contributed by atoms with Crippen molar-refractivity contribution in [1.29, 1.82) is 0 Å². The Morgan fingerprint density at radius 2 is 2.60 bits per heavy atom. The number of aliphatic carboxylic acids is 1. The average Bonchev–Trinajstić information content (AvgIpc) is 2.88. The largest absolute Gasteiger partial charge is 0.480 e. The molecule has 5 heteroatoms.